The van der Waals surface area contributed by atoms with Gasteiger partial charge in [0.05, 0.1) is 22.5 Å². The zero-order valence-electron chi connectivity index (χ0n) is 17.1. The standard InChI is InChI=1S/C26H19ClN2O2S/c27-22-9-4-10-23-24(22)28-26(32-23)29(17-21-8-5-15-31-21)25(30)20-13-11-19(12-14-20)16-18-6-2-1-3-7-18/h1-15H,16-17H2. The van der Waals surface area contributed by atoms with Gasteiger partial charge in [0.25, 0.3) is 5.91 Å². The van der Waals surface area contributed by atoms with E-state index in [1.54, 1.807) is 17.2 Å². The van der Waals surface area contributed by atoms with Crippen molar-refractivity contribution in [1.29, 1.82) is 0 Å². The molecule has 1 amide bonds. The first-order valence-corrected chi connectivity index (χ1v) is 11.4. The molecule has 0 aliphatic heterocycles. The fraction of sp³-hybridized carbons (Fsp3) is 0.0769. The summed E-state index contributed by atoms with van der Waals surface area (Å²) in [6.07, 6.45) is 2.42. The normalized spacial score (nSPS) is 11.0. The number of carbonyl (C=O) groups excluding carboxylic acids is 1. The Bertz CT molecular complexity index is 1350. The molecule has 2 aromatic heterocycles. The minimum atomic E-state index is -0.136. The van der Waals surface area contributed by atoms with Gasteiger partial charge in [0.15, 0.2) is 5.13 Å². The summed E-state index contributed by atoms with van der Waals surface area (Å²) in [5, 5.41) is 1.16. The predicted octanol–water partition coefficient (Wildman–Crippen LogP) is 6.98. The average molecular weight is 459 g/mol. The number of benzene rings is 3. The highest BCUT2D eigenvalue weighted by atomic mass is 35.5. The van der Waals surface area contributed by atoms with E-state index in [9.17, 15) is 4.79 Å². The molecule has 0 aliphatic carbocycles. The van der Waals surface area contributed by atoms with E-state index in [1.165, 1.54) is 16.9 Å². The van der Waals surface area contributed by atoms with Crippen molar-refractivity contribution in [3.05, 3.63) is 119 Å². The molecular formula is C26H19ClN2O2S. The molecule has 0 spiro atoms. The van der Waals surface area contributed by atoms with Gasteiger partial charge in [-0.1, -0.05) is 71.5 Å². The Hall–Kier alpha value is -3.41. The van der Waals surface area contributed by atoms with Crippen molar-refractivity contribution >= 4 is 44.2 Å². The van der Waals surface area contributed by atoms with Gasteiger partial charge in [-0.15, -0.1) is 0 Å². The monoisotopic (exact) mass is 458 g/mol. The second kappa shape index (κ2) is 8.99. The van der Waals surface area contributed by atoms with Crippen LogP contribution in [0.4, 0.5) is 5.13 Å². The molecule has 0 saturated carbocycles. The van der Waals surface area contributed by atoms with Gasteiger partial charge in [-0.3, -0.25) is 9.69 Å². The van der Waals surface area contributed by atoms with Gasteiger partial charge in [-0.2, -0.15) is 0 Å². The number of hydrogen-bond donors (Lipinski definition) is 0. The molecule has 32 heavy (non-hydrogen) atoms. The second-order valence-electron chi connectivity index (χ2n) is 7.41. The van der Waals surface area contributed by atoms with Crippen LogP contribution in [0.5, 0.6) is 0 Å². The molecule has 2 heterocycles. The Morgan fingerprint density at radius 1 is 0.906 bits per heavy atom. The zero-order chi connectivity index (χ0) is 21.9. The quantitative estimate of drug-likeness (QED) is 0.275. The molecule has 0 aliphatic rings. The molecule has 3 aromatic carbocycles. The number of carbonyl (C=O) groups is 1. The van der Waals surface area contributed by atoms with Crippen molar-refractivity contribution in [1.82, 2.24) is 4.98 Å². The number of para-hydroxylation sites is 1. The first-order chi connectivity index (χ1) is 15.7. The van der Waals surface area contributed by atoms with Crippen LogP contribution >= 0.6 is 22.9 Å². The molecule has 5 aromatic rings. The number of nitrogens with zero attached hydrogens (tertiary/aromatic N) is 2. The zero-order valence-corrected chi connectivity index (χ0v) is 18.6. The Morgan fingerprint density at radius 2 is 1.69 bits per heavy atom. The van der Waals surface area contributed by atoms with E-state index in [-0.39, 0.29) is 12.5 Å². The molecule has 0 fully saturated rings. The maximum Gasteiger partial charge on any atom is 0.260 e. The van der Waals surface area contributed by atoms with Crippen LogP contribution in [0.1, 0.15) is 27.2 Å². The number of aromatic nitrogens is 1. The maximum absolute atomic E-state index is 13.5. The number of fused-ring (bicyclic) bond motifs is 1. The van der Waals surface area contributed by atoms with E-state index in [0.29, 0.717) is 27.0 Å². The summed E-state index contributed by atoms with van der Waals surface area (Å²) in [6.45, 7) is 0.287. The lowest BCUT2D eigenvalue weighted by molar-refractivity contribution is 0.0983. The number of furan rings is 1. The van der Waals surface area contributed by atoms with Gasteiger partial charge in [0, 0.05) is 5.56 Å². The van der Waals surface area contributed by atoms with Crippen molar-refractivity contribution in [3.8, 4) is 0 Å². The predicted molar refractivity (Wildman–Crippen MR) is 130 cm³/mol. The maximum atomic E-state index is 13.5. The number of rotatable bonds is 6. The molecule has 0 atom stereocenters. The molecule has 0 radical (unpaired) electrons. The van der Waals surface area contributed by atoms with Crippen LogP contribution in [0.15, 0.2) is 95.6 Å². The molecule has 0 N–H and O–H groups in total. The van der Waals surface area contributed by atoms with E-state index >= 15 is 0 Å². The highest BCUT2D eigenvalue weighted by Gasteiger charge is 2.23. The summed E-state index contributed by atoms with van der Waals surface area (Å²) >= 11 is 7.76. The molecule has 158 valence electrons. The van der Waals surface area contributed by atoms with E-state index in [0.717, 1.165) is 16.7 Å². The lowest BCUT2D eigenvalue weighted by atomic mass is 10.0. The molecule has 0 unspecified atom stereocenters. The van der Waals surface area contributed by atoms with E-state index in [4.69, 9.17) is 16.0 Å². The van der Waals surface area contributed by atoms with Crippen LogP contribution in [0, 0.1) is 0 Å². The van der Waals surface area contributed by atoms with Crippen molar-refractivity contribution in [3.63, 3.8) is 0 Å². The minimum absolute atomic E-state index is 0.136. The van der Waals surface area contributed by atoms with E-state index < -0.39 is 0 Å². The Morgan fingerprint density at radius 3 is 2.41 bits per heavy atom. The third-order valence-electron chi connectivity index (χ3n) is 5.18. The smallest absolute Gasteiger partial charge is 0.260 e. The van der Waals surface area contributed by atoms with Crippen molar-refractivity contribution < 1.29 is 9.21 Å². The fourth-order valence-corrected chi connectivity index (χ4v) is 4.82. The summed E-state index contributed by atoms with van der Waals surface area (Å²) in [5.74, 6) is 0.548. The number of anilines is 1. The van der Waals surface area contributed by atoms with E-state index in [2.05, 4.69) is 17.1 Å². The van der Waals surface area contributed by atoms with Gasteiger partial charge in [-0.05, 0) is 53.9 Å². The van der Waals surface area contributed by atoms with Gasteiger partial charge >= 0.3 is 0 Å². The summed E-state index contributed by atoms with van der Waals surface area (Å²) in [4.78, 5) is 19.8. The average Bonchev–Trinajstić information content (AvgIpc) is 3.49. The highest BCUT2D eigenvalue weighted by Crippen LogP contribution is 2.34. The summed E-state index contributed by atoms with van der Waals surface area (Å²) in [5.41, 5.74) is 3.68. The lowest BCUT2D eigenvalue weighted by Gasteiger charge is -2.19. The van der Waals surface area contributed by atoms with Crippen LogP contribution in [0.25, 0.3) is 10.2 Å². The number of amides is 1. The third kappa shape index (κ3) is 4.31. The van der Waals surface area contributed by atoms with Crippen LogP contribution in [-0.2, 0) is 13.0 Å². The fourth-order valence-electron chi connectivity index (χ4n) is 3.56. The molecule has 4 nitrogen and oxygen atoms in total. The third-order valence-corrected chi connectivity index (χ3v) is 6.53. The molecule has 5 rings (SSSR count). The number of thiazole rings is 1. The number of halogens is 1. The highest BCUT2D eigenvalue weighted by molar-refractivity contribution is 7.22. The van der Waals surface area contributed by atoms with Crippen LogP contribution in [-0.4, -0.2) is 10.9 Å². The van der Waals surface area contributed by atoms with Gasteiger partial charge < -0.3 is 4.42 Å². The van der Waals surface area contributed by atoms with Crippen molar-refractivity contribution in [2.45, 2.75) is 13.0 Å². The van der Waals surface area contributed by atoms with Crippen LogP contribution in [0.3, 0.4) is 0 Å². The van der Waals surface area contributed by atoms with Crippen molar-refractivity contribution in [2.24, 2.45) is 0 Å². The van der Waals surface area contributed by atoms with Crippen LogP contribution in [0.2, 0.25) is 5.02 Å². The first-order valence-electron chi connectivity index (χ1n) is 10.2. The second-order valence-corrected chi connectivity index (χ2v) is 8.83. The Kier molecular flexibility index (Phi) is 5.75. The van der Waals surface area contributed by atoms with Gasteiger partial charge in [0.2, 0.25) is 0 Å². The summed E-state index contributed by atoms with van der Waals surface area (Å²) in [7, 11) is 0. The SMILES string of the molecule is O=C(c1ccc(Cc2ccccc2)cc1)N(Cc1ccco1)c1nc2c(Cl)cccc2s1. The summed E-state index contributed by atoms with van der Waals surface area (Å²) in [6, 6.07) is 27.3. The van der Waals surface area contributed by atoms with Crippen LogP contribution < -0.4 is 4.90 Å². The minimum Gasteiger partial charge on any atom is -0.467 e. The Labute approximate surface area is 194 Å². The van der Waals surface area contributed by atoms with Gasteiger partial charge in [0.1, 0.15) is 11.3 Å². The topological polar surface area (TPSA) is 46.3 Å². The lowest BCUT2D eigenvalue weighted by Crippen LogP contribution is -2.30. The number of hydrogen-bond acceptors (Lipinski definition) is 4. The van der Waals surface area contributed by atoms with Crippen molar-refractivity contribution in [2.75, 3.05) is 4.90 Å². The largest absolute Gasteiger partial charge is 0.467 e. The first kappa shape index (κ1) is 20.5. The summed E-state index contributed by atoms with van der Waals surface area (Å²) < 4.78 is 6.45. The Balaban J connectivity index is 1.45. The molecule has 6 heteroatoms. The molecule has 0 bridgehead atoms. The molecule has 0 saturated heterocycles. The van der Waals surface area contributed by atoms with Gasteiger partial charge in [-0.25, -0.2) is 4.98 Å². The molecular weight excluding hydrogens is 440 g/mol. The van der Waals surface area contributed by atoms with E-state index in [1.807, 2.05) is 66.7 Å².